The van der Waals surface area contributed by atoms with Crippen LogP contribution in [0.15, 0.2) is 72.6 Å². The normalized spacial score (nSPS) is 16.7. The van der Waals surface area contributed by atoms with Gasteiger partial charge in [-0.15, -0.1) is 0 Å². The number of ketones is 1. The van der Waals surface area contributed by atoms with Gasteiger partial charge in [-0.1, -0.05) is 26.0 Å². The molecule has 0 spiro atoms. The third kappa shape index (κ3) is 5.55. The van der Waals surface area contributed by atoms with Crippen molar-refractivity contribution in [1.82, 2.24) is 4.98 Å². The van der Waals surface area contributed by atoms with E-state index in [1.807, 2.05) is 20.8 Å². The maximum Gasteiger partial charge on any atom is 0.338 e. The molecular formula is C31H32N2O6. The summed E-state index contributed by atoms with van der Waals surface area (Å²) >= 11 is 0. The summed E-state index contributed by atoms with van der Waals surface area (Å²) in [5.74, 6) is -1.73. The van der Waals surface area contributed by atoms with Gasteiger partial charge in [0.1, 0.15) is 11.5 Å². The van der Waals surface area contributed by atoms with Crippen LogP contribution >= 0.6 is 0 Å². The minimum absolute atomic E-state index is 0.0676. The molecule has 39 heavy (non-hydrogen) atoms. The fourth-order valence-corrected chi connectivity index (χ4v) is 4.61. The number of ether oxygens (including phenoxy) is 2. The molecule has 1 amide bonds. The molecule has 0 bridgehead atoms. The third-order valence-electron chi connectivity index (χ3n) is 6.35. The lowest BCUT2D eigenvalue weighted by Crippen LogP contribution is -2.29. The number of amides is 1. The molecule has 4 rings (SSSR count). The van der Waals surface area contributed by atoms with Crippen molar-refractivity contribution in [3.63, 3.8) is 0 Å². The SMILES string of the molecule is CCOc1ccc(/C(O)=C2/C(=O)C(=O)N(c3cccc(C(=O)OC(C)C)c3)C2c2cccnc2)cc1C(C)C. The number of hydrogen-bond donors (Lipinski definition) is 1. The van der Waals surface area contributed by atoms with E-state index in [1.165, 1.54) is 11.0 Å². The first-order chi connectivity index (χ1) is 18.6. The second kappa shape index (κ2) is 11.5. The zero-order chi connectivity index (χ0) is 28.3. The molecule has 1 aliphatic rings. The molecule has 1 aliphatic heterocycles. The van der Waals surface area contributed by atoms with Gasteiger partial charge in [0, 0.05) is 23.6 Å². The topological polar surface area (TPSA) is 106 Å². The molecule has 0 radical (unpaired) electrons. The Kier molecular flexibility index (Phi) is 8.14. The Balaban J connectivity index is 1.88. The van der Waals surface area contributed by atoms with E-state index < -0.39 is 23.7 Å². The van der Waals surface area contributed by atoms with Crippen molar-refractivity contribution in [1.29, 1.82) is 0 Å². The summed E-state index contributed by atoms with van der Waals surface area (Å²) in [6, 6.07) is 14.0. The standard InChI is InChI=1S/C31H32N2O6/c1-6-38-25-13-12-20(16-24(25)18(2)3)28(34)26-27(22-10-8-14-32-17-22)33(30(36)29(26)35)23-11-7-9-21(15-23)31(37)39-19(4)5/h7-19,27,34H,6H2,1-5H3/b28-26-. The minimum Gasteiger partial charge on any atom is -0.507 e. The lowest BCUT2D eigenvalue weighted by atomic mass is 9.93. The number of nitrogens with zero attached hydrogens (tertiary/aromatic N) is 2. The van der Waals surface area contributed by atoms with Gasteiger partial charge < -0.3 is 14.6 Å². The Bertz CT molecular complexity index is 1430. The minimum atomic E-state index is -0.968. The van der Waals surface area contributed by atoms with Gasteiger partial charge in [-0.05, 0) is 80.3 Å². The summed E-state index contributed by atoms with van der Waals surface area (Å²) in [7, 11) is 0. The number of rotatable bonds is 8. The van der Waals surface area contributed by atoms with Crippen LogP contribution in [0.4, 0.5) is 5.69 Å². The van der Waals surface area contributed by atoms with Crippen LogP contribution < -0.4 is 9.64 Å². The Morgan fingerprint density at radius 1 is 1.03 bits per heavy atom. The van der Waals surface area contributed by atoms with Gasteiger partial charge in [0.05, 0.1) is 29.9 Å². The molecule has 2 aromatic carbocycles. The van der Waals surface area contributed by atoms with Gasteiger partial charge in [-0.3, -0.25) is 19.5 Å². The van der Waals surface area contributed by atoms with E-state index in [0.717, 1.165) is 5.56 Å². The van der Waals surface area contributed by atoms with E-state index in [9.17, 15) is 19.5 Å². The quantitative estimate of drug-likeness (QED) is 0.171. The molecule has 1 fully saturated rings. The zero-order valence-electron chi connectivity index (χ0n) is 22.7. The van der Waals surface area contributed by atoms with Crippen LogP contribution in [-0.4, -0.2) is 40.5 Å². The molecule has 8 nitrogen and oxygen atoms in total. The predicted octanol–water partition coefficient (Wildman–Crippen LogP) is 5.80. The molecule has 0 saturated carbocycles. The first-order valence-corrected chi connectivity index (χ1v) is 12.9. The highest BCUT2D eigenvalue weighted by Gasteiger charge is 2.47. The number of carbonyl (C=O) groups is 3. The molecule has 8 heteroatoms. The number of aliphatic hydroxyl groups is 1. The molecular weight excluding hydrogens is 496 g/mol. The molecule has 3 aromatic rings. The summed E-state index contributed by atoms with van der Waals surface area (Å²) in [5.41, 5.74) is 2.28. The molecule has 0 aliphatic carbocycles. The number of benzene rings is 2. The maximum atomic E-state index is 13.5. The van der Waals surface area contributed by atoms with Gasteiger partial charge in [-0.2, -0.15) is 0 Å². The van der Waals surface area contributed by atoms with Gasteiger partial charge in [0.2, 0.25) is 0 Å². The maximum absolute atomic E-state index is 13.5. The first-order valence-electron chi connectivity index (χ1n) is 12.9. The molecule has 202 valence electrons. The highest BCUT2D eigenvalue weighted by Crippen LogP contribution is 2.42. The van der Waals surface area contributed by atoms with Crippen LogP contribution in [0.1, 0.15) is 73.6 Å². The summed E-state index contributed by atoms with van der Waals surface area (Å²) in [6.07, 6.45) is 2.81. The van der Waals surface area contributed by atoms with Crippen molar-refractivity contribution >= 4 is 29.1 Å². The van der Waals surface area contributed by atoms with E-state index in [2.05, 4.69) is 4.98 Å². The lowest BCUT2D eigenvalue weighted by Gasteiger charge is -2.25. The van der Waals surface area contributed by atoms with E-state index in [-0.39, 0.29) is 28.9 Å². The van der Waals surface area contributed by atoms with Crippen molar-refractivity contribution in [3.05, 3.63) is 94.8 Å². The third-order valence-corrected chi connectivity index (χ3v) is 6.35. The van der Waals surface area contributed by atoms with Gasteiger partial charge in [0.15, 0.2) is 0 Å². The molecule has 1 aromatic heterocycles. The average molecular weight is 529 g/mol. The number of aliphatic hydroxyl groups excluding tert-OH is 1. The number of Topliss-reactive ketones (excluding diaryl/α,β-unsaturated/α-hetero) is 1. The van der Waals surface area contributed by atoms with Gasteiger partial charge in [-0.25, -0.2) is 4.79 Å². The highest BCUT2D eigenvalue weighted by molar-refractivity contribution is 6.51. The fourth-order valence-electron chi connectivity index (χ4n) is 4.61. The summed E-state index contributed by atoms with van der Waals surface area (Å²) in [4.78, 5) is 45.0. The average Bonchev–Trinajstić information content (AvgIpc) is 3.18. The van der Waals surface area contributed by atoms with Crippen LogP contribution in [0.3, 0.4) is 0 Å². The summed E-state index contributed by atoms with van der Waals surface area (Å²) in [6.45, 7) is 9.88. The van der Waals surface area contributed by atoms with E-state index >= 15 is 0 Å². The van der Waals surface area contributed by atoms with Crippen molar-refractivity contribution in [3.8, 4) is 5.75 Å². The van der Waals surface area contributed by atoms with Crippen LogP contribution in [0.2, 0.25) is 0 Å². The van der Waals surface area contributed by atoms with E-state index in [4.69, 9.17) is 9.47 Å². The van der Waals surface area contributed by atoms with E-state index in [0.29, 0.717) is 29.2 Å². The van der Waals surface area contributed by atoms with Crippen LogP contribution in [0.5, 0.6) is 5.75 Å². The molecule has 1 N–H and O–H groups in total. The number of carbonyl (C=O) groups excluding carboxylic acids is 3. The second-order valence-corrected chi connectivity index (χ2v) is 9.80. The predicted molar refractivity (Wildman–Crippen MR) is 148 cm³/mol. The Labute approximate surface area is 227 Å². The number of anilines is 1. The molecule has 1 unspecified atom stereocenters. The largest absolute Gasteiger partial charge is 0.507 e. The van der Waals surface area contributed by atoms with Gasteiger partial charge in [0.25, 0.3) is 11.7 Å². The Hall–Kier alpha value is -4.46. The highest BCUT2D eigenvalue weighted by atomic mass is 16.5. The Morgan fingerprint density at radius 3 is 2.44 bits per heavy atom. The summed E-state index contributed by atoms with van der Waals surface area (Å²) in [5, 5.41) is 11.5. The number of hydrogen-bond acceptors (Lipinski definition) is 7. The molecule has 2 heterocycles. The van der Waals surface area contributed by atoms with E-state index in [1.54, 1.807) is 74.8 Å². The van der Waals surface area contributed by atoms with Crippen molar-refractivity contribution in [2.24, 2.45) is 0 Å². The van der Waals surface area contributed by atoms with Crippen molar-refractivity contribution < 1.29 is 29.0 Å². The monoisotopic (exact) mass is 528 g/mol. The van der Waals surface area contributed by atoms with Crippen LogP contribution in [-0.2, 0) is 14.3 Å². The summed E-state index contributed by atoms with van der Waals surface area (Å²) < 4.78 is 11.1. The Morgan fingerprint density at radius 2 is 1.79 bits per heavy atom. The fraction of sp³-hybridized carbons (Fsp3) is 0.290. The smallest absolute Gasteiger partial charge is 0.338 e. The van der Waals surface area contributed by atoms with Crippen LogP contribution in [0, 0.1) is 0 Å². The van der Waals surface area contributed by atoms with Crippen molar-refractivity contribution in [2.45, 2.75) is 52.7 Å². The first kappa shape index (κ1) is 27.6. The second-order valence-electron chi connectivity index (χ2n) is 9.80. The van der Waals surface area contributed by atoms with Crippen molar-refractivity contribution in [2.75, 3.05) is 11.5 Å². The number of aromatic nitrogens is 1. The number of pyridine rings is 1. The number of esters is 1. The zero-order valence-corrected chi connectivity index (χ0v) is 22.7. The van der Waals surface area contributed by atoms with Crippen LogP contribution in [0.25, 0.3) is 5.76 Å². The molecule has 1 atom stereocenters. The lowest BCUT2D eigenvalue weighted by molar-refractivity contribution is -0.132. The molecule has 1 saturated heterocycles. The van der Waals surface area contributed by atoms with Gasteiger partial charge >= 0.3 is 5.97 Å².